The third-order valence-electron chi connectivity index (χ3n) is 2.49. The van der Waals surface area contributed by atoms with E-state index in [9.17, 15) is 4.79 Å². The quantitative estimate of drug-likeness (QED) is 0.578. The van der Waals surface area contributed by atoms with Crippen LogP contribution in [0.1, 0.15) is 26.7 Å². The molecule has 0 rings (SSSR count). The van der Waals surface area contributed by atoms with Gasteiger partial charge in [-0.25, -0.2) is 0 Å². The van der Waals surface area contributed by atoms with Crippen molar-refractivity contribution < 1.29 is 4.79 Å². The van der Waals surface area contributed by atoms with E-state index >= 15 is 0 Å². The summed E-state index contributed by atoms with van der Waals surface area (Å²) >= 11 is 0. The Morgan fingerprint density at radius 2 is 2.00 bits per heavy atom. The Kier molecular flexibility index (Phi) is 8.33. The second-order valence-corrected chi connectivity index (χ2v) is 4.13. The summed E-state index contributed by atoms with van der Waals surface area (Å²) in [7, 11) is 3.96. The van der Waals surface area contributed by atoms with Gasteiger partial charge in [-0.3, -0.25) is 4.79 Å². The van der Waals surface area contributed by atoms with Crippen LogP contribution in [0.4, 0.5) is 0 Å². The smallest absolute Gasteiger partial charge is 0.221 e. The van der Waals surface area contributed by atoms with Gasteiger partial charge in [-0.1, -0.05) is 0 Å². The van der Waals surface area contributed by atoms with Crippen LogP contribution in [0.3, 0.4) is 0 Å². The van der Waals surface area contributed by atoms with Gasteiger partial charge < -0.3 is 15.5 Å². The average molecular weight is 215 g/mol. The average Bonchev–Trinajstić information content (AvgIpc) is 2.20. The molecule has 1 amide bonds. The first kappa shape index (κ1) is 14.4. The molecule has 0 fully saturated rings. The monoisotopic (exact) mass is 215 g/mol. The first-order valence-electron chi connectivity index (χ1n) is 5.69. The fourth-order valence-electron chi connectivity index (χ4n) is 1.14. The van der Waals surface area contributed by atoms with Crippen molar-refractivity contribution in [3.8, 4) is 0 Å². The molecule has 4 nitrogen and oxygen atoms in total. The molecule has 0 saturated carbocycles. The van der Waals surface area contributed by atoms with Crippen molar-refractivity contribution >= 4 is 5.91 Å². The summed E-state index contributed by atoms with van der Waals surface area (Å²) in [6, 6.07) is 0.574. The Morgan fingerprint density at radius 1 is 1.33 bits per heavy atom. The van der Waals surface area contributed by atoms with Gasteiger partial charge >= 0.3 is 0 Å². The van der Waals surface area contributed by atoms with Crippen molar-refractivity contribution in [3.63, 3.8) is 0 Å². The maximum absolute atomic E-state index is 11.2. The van der Waals surface area contributed by atoms with E-state index in [0.717, 1.165) is 26.1 Å². The van der Waals surface area contributed by atoms with E-state index in [1.165, 1.54) is 0 Å². The van der Waals surface area contributed by atoms with Crippen LogP contribution >= 0.6 is 0 Å². The number of carbonyl (C=O) groups excluding carboxylic acids is 1. The van der Waals surface area contributed by atoms with Gasteiger partial charge in [0.2, 0.25) is 5.91 Å². The molecule has 2 N–H and O–H groups in total. The molecule has 0 aliphatic rings. The van der Waals surface area contributed by atoms with Crippen molar-refractivity contribution in [2.45, 2.75) is 32.7 Å². The number of amides is 1. The molecule has 90 valence electrons. The molecule has 0 aromatic carbocycles. The summed E-state index contributed by atoms with van der Waals surface area (Å²) in [5, 5.41) is 5.86. The van der Waals surface area contributed by atoms with Crippen LogP contribution in [0.25, 0.3) is 0 Å². The van der Waals surface area contributed by atoms with Gasteiger partial charge in [0.1, 0.15) is 0 Å². The number of nitrogens with one attached hydrogen (secondary N) is 2. The molecule has 0 aromatic heterocycles. The van der Waals surface area contributed by atoms with E-state index in [0.29, 0.717) is 12.5 Å². The highest BCUT2D eigenvalue weighted by atomic mass is 16.1. The first-order chi connectivity index (χ1) is 7.07. The number of rotatable bonds is 8. The van der Waals surface area contributed by atoms with Crippen molar-refractivity contribution in [1.29, 1.82) is 0 Å². The highest BCUT2D eigenvalue weighted by Crippen LogP contribution is 1.94. The van der Waals surface area contributed by atoms with Gasteiger partial charge in [-0.15, -0.1) is 0 Å². The fourth-order valence-corrected chi connectivity index (χ4v) is 1.14. The molecule has 15 heavy (non-hydrogen) atoms. The SMILES string of the molecule is CNCCC(=O)NCCCN(C)C(C)C. The standard InChI is InChI=1S/C11H25N3O/c1-10(2)14(4)9-5-7-13-11(15)6-8-12-3/h10,12H,5-9H2,1-4H3,(H,13,15). The lowest BCUT2D eigenvalue weighted by molar-refractivity contribution is -0.120. The summed E-state index contributed by atoms with van der Waals surface area (Å²) in [4.78, 5) is 13.5. The Balaban J connectivity index is 3.34. The van der Waals surface area contributed by atoms with E-state index in [4.69, 9.17) is 0 Å². The maximum Gasteiger partial charge on any atom is 0.221 e. The Labute approximate surface area is 93.4 Å². The number of hydrogen-bond donors (Lipinski definition) is 2. The second kappa shape index (κ2) is 8.68. The summed E-state index contributed by atoms with van der Waals surface area (Å²) < 4.78 is 0. The Hall–Kier alpha value is -0.610. The molecule has 0 aliphatic heterocycles. The highest BCUT2D eigenvalue weighted by molar-refractivity contribution is 5.75. The van der Waals surface area contributed by atoms with Crippen LogP contribution < -0.4 is 10.6 Å². The normalized spacial score (nSPS) is 11.1. The molecule has 0 aromatic rings. The molecule has 0 heterocycles. The third kappa shape index (κ3) is 8.39. The molecular weight excluding hydrogens is 190 g/mol. The Morgan fingerprint density at radius 3 is 2.53 bits per heavy atom. The van der Waals surface area contributed by atoms with Crippen LogP contribution in [-0.2, 0) is 4.79 Å². The zero-order valence-corrected chi connectivity index (χ0v) is 10.5. The van der Waals surface area contributed by atoms with E-state index < -0.39 is 0 Å². The maximum atomic E-state index is 11.2. The zero-order chi connectivity index (χ0) is 11.7. The van der Waals surface area contributed by atoms with Crippen LogP contribution in [0, 0.1) is 0 Å². The van der Waals surface area contributed by atoms with Crippen LogP contribution in [0.15, 0.2) is 0 Å². The van der Waals surface area contributed by atoms with Crippen molar-refractivity contribution in [3.05, 3.63) is 0 Å². The summed E-state index contributed by atoms with van der Waals surface area (Å²) in [5.41, 5.74) is 0. The van der Waals surface area contributed by atoms with E-state index in [2.05, 4.69) is 36.4 Å². The molecule has 0 unspecified atom stereocenters. The third-order valence-corrected chi connectivity index (χ3v) is 2.49. The van der Waals surface area contributed by atoms with Gasteiger partial charge in [-0.05, 0) is 40.9 Å². The minimum Gasteiger partial charge on any atom is -0.356 e. The molecule has 0 aliphatic carbocycles. The lowest BCUT2D eigenvalue weighted by Crippen LogP contribution is -2.32. The number of hydrogen-bond acceptors (Lipinski definition) is 3. The van der Waals surface area contributed by atoms with Crippen LogP contribution in [-0.4, -0.2) is 50.6 Å². The largest absolute Gasteiger partial charge is 0.356 e. The number of nitrogens with zero attached hydrogens (tertiary/aromatic N) is 1. The van der Waals surface area contributed by atoms with Crippen molar-refractivity contribution in [2.75, 3.05) is 33.7 Å². The molecule has 0 atom stereocenters. The van der Waals surface area contributed by atoms with Crippen molar-refractivity contribution in [2.24, 2.45) is 0 Å². The van der Waals surface area contributed by atoms with E-state index in [1.54, 1.807) is 0 Å². The molecule has 4 heteroatoms. The van der Waals surface area contributed by atoms with Crippen LogP contribution in [0.5, 0.6) is 0 Å². The Bertz CT molecular complexity index is 171. The lowest BCUT2D eigenvalue weighted by Gasteiger charge is -2.20. The molecular formula is C11H25N3O. The minimum atomic E-state index is 0.136. The zero-order valence-electron chi connectivity index (χ0n) is 10.5. The second-order valence-electron chi connectivity index (χ2n) is 4.13. The number of carbonyl (C=O) groups is 1. The van der Waals surface area contributed by atoms with E-state index in [-0.39, 0.29) is 5.91 Å². The van der Waals surface area contributed by atoms with Gasteiger partial charge in [-0.2, -0.15) is 0 Å². The molecule has 0 bridgehead atoms. The summed E-state index contributed by atoms with van der Waals surface area (Å²) in [6.45, 7) is 6.90. The lowest BCUT2D eigenvalue weighted by atomic mass is 10.3. The summed E-state index contributed by atoms with van der Waals surface area (Å²) in [6.07, 6.45) is 1.58. The van der Waals surface area contributed by atoms with Gasteiger partial charge in [0.25, 0.3) is 0 Å². The van der Waals surface area contributed by atoms with Gasteiger partial charge in [0.15, 0.2) is 0 Å². The minimum absolute atomic E-state index is 0.136. The molecule has 0 radical (unpaired) electrons. The first-order valence-corrected chi connectivity index (χ1v) is 5.69. The fraction of sp³-hybridized carbons (Fsp3) is 0.909. The summed E-state index contributed by atoms with van der Waals surface area (Å²) in [5.74, 6) is 0.136. The van der Waals surface area contributed by atoms with E-state index in [1.807, 2.05) is 7.05 Å². The highest BCUT2D eigenvalue weighted by Gasteiger charge is 2.03. The van der Waals surface area contributed by atoms with Gasteiger partial charge in [0.05, 0.1) is 0 Å². The predicted octanol–water partition coefficient (Wildman–Crippen LogP) is 0.442. The molecule has 0 spiro atoms. The van der Waals surface area contributed by atoms with Crippen LogP contribution in [0.2, 0.25) is 0 Å². The topological polar surface area (TPSA) is 44.4 Å². The predicted molar refractivity (Wildman–Crippen MR) is 63.9 cm³/mol. The molecule has 0 saturated heterocycles. The van der Waals surface area contributed by atoms with Crippen molar-refractivity contribution in [1.82, 2.24) is 15.5 Å². The van der Waals surface area contributed by atoms with Gasteiger partial charge in [0, 0.05) is 25.6 Å².